The van der Waals surface area contributed by atoms with E-state index in [1.54, 1.807) is 4.57 Å². The molecule has 0 radical (unpaired) electrons. The monoisotopic (exact) mass is 411 g/mol. The normalized spacial score (nSPS) is 16.2. The van der Waals surface area contributed by atoms with Crippen LogP contribution in [-0.4, -0.2) is 30.3 Å². The first-order chi connectivity index (χ1) is 15.2. The Bertz CT molecular complexity index is 1290. The predicted molar refractivity (Wildman–Crippen MR) is 116 cm³/mol. The number of hydrogen-bond acceptors (Lipinski definition) is 5. The third-order valence-electron chi connectivity index (χ3n) is 5.63. The molecule has 0 aliphatic carbocycles. The fourth-order valence-electron chi connectivity index (χ4n) is 4.12. The Morgan fingerprint density at radius 2 is 1.48 bits per heavy atom. The van der Waals surface area contributed by atoms with Crippen molar-refractivity contribution in [2.75, 3.05) is 0 Å². The highest BCUT2D eigenvalue weighted by molar-refractivity contribution is 5.79. The molecule has 31 heavy (non-hydrogen) atoms. The summed E-state index contributed by atoms with van der Waals surface area (Å²) < 4.78 is 1.65. The summed E-state index contributed by atoms with van der Waals surface area (Å²) in [7, 11) is 0. The Kier molecular flexibility index (Phi) is 5.00. The maximum Gasteiger partial charge on any atom is 0.282 e. The van der Waals surface area contributed by atoms with Gasteiger partial charge in [0.15, 0.2) is 11.2 Å². The van der Waals surface area contributed by atoms with Crippen LogP contribution in [0.5, 0.6) is 0 Å². The van der Waals surface area contributed by atoms with Crippen molar-refractivity contribution < 1.29 is 4.79 Å². The van der Waals surface area contributed by atoms with Gasteiger partial charge in [0, 0.05) is 25.4 Å². The van der Waals surface area contributed by atoms with Crippen molar-refractivity contribution >= 4 is 17.1 Å². The van der Waals surface area contributed by atoms with Gasteiger partial charge in [-0.05, 0) is 17.5 Å². The number of aromatic nitrogens is 4. The van der Waals surface area contributed by atoms with Crippen LogP contribution in [0.15, 0.2) is 77.9 Å². The SMILES string of the molecule is O=C1CCC(c2nc3nccnc3c(=O)n2Cc2ccccc2)N1Cc1ccccc1. The van der Waals surface area contributed by atoms with Gasteiger partial charge in [-0.1, -0.05) is 60.7 Å². The van der Waals surface area contributed by atoms with E-state index in [1.165, 1.54) is 12.4 Å². The number of carbonyl (C=O) groups is 1. The van der Waals surface area contributed by atoms with Gasteiger partial charge in [-0.2, -0.15) is 0 Å². The lowest BCUT2D eigenvalue weighted by molar-refractivity contribution is -0.129. The third kappa shape index (κ3) is 3.70. The number of rotatable bonds is 5. The summed E-state index contributed by atoms with van der Waals surface area (Å²) in [6.45, 7) is 0.836. The summed E-state index contributed by atoms with van der Waals surface area (Å²) in [4.78, 5) is 41.2. The molecule has 1 fully saturated rings. The molecular formula is C24H21N5O2. The van der Waals surface area contributed by atoms with Crippen LogP contribution < -0.4 is 5.56 Å². The Labute approximate surface area is 179 Å². The second-order valence-corrected chi connectivity index (χ2v) is 7.64. The maximum absolute atomic E-state index is 13.4. The number of amides is 1. The van der Waals surface area contributed by atoms with Crippen molar-refractivity contribution in [1.82, 2.24) is 24.4 Å². The molecule has 3 heterocycles. The van der Waals surface area contributed by atoms with Gasteiger partial charge in [0.2, 0.25) is 5.91 Å². The number of benzene rings is 2. The molecule has 4 aromatic rings. The molecule has 0 saturated carbocycles. The lowest BCUT2D eigenvalue weighted by Gasteiger charge is -2.26. The molecule has 2 aromatic carbocycles. The first kappa shape index (κ1) is 19.1. The number of nitrogens with zero attached hydrogens (tertiary/aromatic N) is 5. The van der Waals surface area contributed by atoms with Crippen molar-refractivity contribution in [2.45, 2.75) is 32.0 Å². The van der Waals surface area contributed by atoms with Crippen molar-refractivity contribution in [1.29, 1.82) is 0 Å². The molecule has 5 rings (SSSR count). The standard InChI is InChI=1S/C24H21N5O2/c30-20-12-11-19(28(20)15-17-7-3-1-4-8-17)23-27-22-21(25-13-14-26-22)24(31)29(23)16-18-9-5-2-6-10-18/h1-10,13-14,19H,11-12,15-16H2. The van der Waals surface area contributed by atoms with Crippen molar-refractivity contribution in [3.63, 3.8) is 0 Å². The van der Waals surface area contributed by atoms with Crippen molar-refractivity contribution in [3.8, 4) is 0 Å². The zero-order chi connectivity index (χ0) is 21.2. The van der Waals surface area contributed by atoms with Crippen LogP contribution in [-0.2, 0) is 17.9 Å². The Morgan fingerprint density at radius 3 is 2.19 bits per heavy atom. The van der Waals surface area contributed by atoms with Crippen molar-refractivity contribution in [3.05, 3.63) is 100 Å². The second-order valence-electron chi connectivity index (χ2n) is 7.64. The van der Waals surface area contributed by atoms with Crippen molar-refractivity contribution in [2.24, 2.45) is 0 Å². The zero-order valence-corrected chi connectivity index (χ0v) is 16.9. The van der Waals surface area contributed by atoms with E-state index < -0.39 is 0 Å². The topological polar surface area (TPSA) is 81.0 Å². The van der Waals surface area contributed by atoms with Crippen LogP contribution >= 0.6 is 0 Å². The average molecular weight is 411 g/mol. The highest BCUT2D eigenvalue weighted by Crippen LogP contribution is 2.33. The lowest BCUT2D eigenvalue weighted by Crippen LogP contribution is -2.34. The molecule has 7 heteroatoms. The number of carbonyl (C=O) groups excluding carboxylic acids is 1. The van der Waals surface area contributed by atoms with Crippen LogP contribution in [0.25, 0.3) is 11.2 Å². The molecule has 1 unspecified atom stereocenters. The van der Waals surface area contributed by atoms with Crippen LogP contribution in [0.4, 0.5) is 0 Å². The molecule has 7 nitrogen and oxygen atoms in total. The molecule has 1 aliphatic heterocycles. The van der Waals surface area contributed by atoms with E-state index >= 15 is 0 Å². The molecule has 0 spiro atoms. The summed E-state index contributed by atoms with van der Waals surface area (Å²) in [5, 5.41) is 0. The minimum atomic E-state index is -0.296. The molecular weight excluding hydrogens is 390 g/mol. The van der Waals surface area contributed by atoms with E-state index in [2.05, 4.69) is 9.97 Å². The molecule has 2 aromatic heterocycles. The zero-order valence-electron chi connectivity index (χ0n) is 16.9. The van der Waals surface area contributed by atoms with Gasteiger partial charge in [-0.3, -0.25) is 14.2 Å². The third-order valence-corrected chi connectivity index (χ3v) is 5.63. The van der Waals surface area contributed by atoms with Gasteiger partial charge < -0.3 is 4.90 Å². The molecule has 0 bridgehead atoms. The Balaban J connectivity index is 1.62. The van der Waals surface area contributed by atoms with E-state index in [0.717, 1.165) is 11.1 Å². The quantitative estimate of drug-likeness (QED) is 0.504. The second kappa shape index (κ2) is 8.10. The average Bonchev–Trinajstić information content (AvgIpc) is 3.17. The fraction of sp³-hybridized carbons (Fsp3) is 0.208. The Hall–Kier alpha value is -3.87. The number of fused-ring (bicyclic) bond motifs is 1. The first-order valence-corrected chi connectivity index (χ1v) is 10.3. The lowest BCUT2D eigenvalue weighted by atomic mass is 10.1. The number of likely N-dealkylation sites (tertiary alicyclic amines) is 1. The van der Waals surface area contributed by atoms with E-state index in [0.29, 0.717) is 37.4 Å². The summed E-state index contributed by atoms with van der Waals surface area (Å²) in [6.07, 6.45) is 4.07. The van der Waals surface area contributed by atoms with Gasteiger partial charge in [0.25, 0.3) is 5.56 Å². The molecule has 1 atom stereocenters. The van der Waals surface area contributed by atoms with E-state index in [4.69, 9.17) is 4.98 Å². The smallest absolute Gasteiger partial charge is 0.282 e. The first-order valence-electron chi connectivity index (χ1n) is 10.3. The van der Waals surface area contributed by atoms with Crippen LogP contribution in [0.1, 0.15) is 35.8 Å². The Morgan fingerprint density at radius 1 is 0.839 bits per heavy atom. The van der Waals surface area contributed by atoms with E-state index in [9.17, 15) is 9.59 Å². The maximum atomic E-state index is 13.4. The molecule has 0 N–H and O–H groups in total. The molecule has 1 saturated heterocycles. The predicted octanol–water partition coefficient (Wildman–Crippen LogP) is 3.10. The van der Waals surface area contributed by atoms with Crippen LogP contribution in [0.2, 0.25) is 0 Å². The summed E-state index contributed by atoms with van der Waals surface area (Å²) >= 11 is 0. The molecule has 154 valence electrons. The highest BCUT2D eigenvalue weighted by Gasteiger charge is 2.35. The van der Waals surface area contributed by atoms with Gasteiger partial charge >= 0.3 is 0 Å². The summed E-state index contributed by atoms with van der Waals surface area (Å²) in [5.41, 5.74) is 2.33. The van der Waals surface area contributed by atoms with E-state index in [-0.39, 0.29) is 23.0 Å². The molecule has 1 aliphatic rings. The van der Waals surface area contributed by atoms with Gasteiger partial charge in [0.1, 0.15) is 5.82 Å². The number of hydrogen-bond donors (Lipinski definition) is 0. The van der Waals surface area contributed by atoms with Gasteiger partial charge in [-0.15, -0.1) is 0 Å². The van der Waals surface area contributed by atoms with Crippen LogP contribution in [0.3, 0.4) is 0 Å². The summed E-state index contributed by atoms with van der Waals surface area (Å²) in [5.74, 6) is 0.622. The minimum Gasteiger partial charge on any atom is -0.328 e. The van der Waals surface area contributed by atoms with E-state index in [1.807, 2.05) is 65.6 Å². The highest BCUT2D eigenvalue weighted by atomic mass is 16.2. The minimum absolute atomic E-state index is 0.0635. The fourth-order valence-corrected chi connectivity index (χ4v) is 4.12. The van der Waals surface area contributed by atoms with Crippen LogP contribution in [0, 0.1) is 0 Å². The largest absolute Gasteiger partial charge is 0.328 e. The summed E-state index contributed by atoms with van der Waals surface area (Å²) in [6, 6.07) is 19.3. The molecule has 1 amide bonds. The van der Waals surface area contributed by atoms with Gasteiger partial charge in [-0.25, -0.2) is 15.0 Å². The van der Waals surface area contributed by atoms with Gasteiger partial charge in [0.05, 0.1) is 12.6 Å².